The fourth-order valence-corrected chi connectivity index (χ4v) is 1.88. The van der Waals surface area contributed by atoms with Crippen molar-refractivity contribution in [3.05, 3.63) is 51.4 Å². The lowest BCUT2D eigenvalue weighted by Gasteiger charge is -2.02. The number of nitrogens with one attached hydrogen (secondary N) is 1. The highest BCUT2D eigenvalue weighted by Gasteiger charge is 2.05. The first-order valence-electron chi connectivity index (χ1n) is 4.68. The molecular weight excluding hydrogens is 244 g/mol. The number of nitrogens with zero attached hydrogens (tertiary/aromatic N) is 1. The molecule has 1 heterocycles. The van der Waals surface area contributed by atoms with Gasteiger partial charge < -0.3 is 5.32 Å². The molecule has 0 spiro atoms. The summed E-state index contributed by atoms with van der Waals surface area (Å²) < 4.78 is 0. The van der Waals surface area contributed by atoms with Crippen molar-refractivity contribution in [1.82, 2.24) is 10.3 Å². The van der Waals surface area contributed by atoms with Gasteiger partial charge in [-0.1, -0.05) is 11.6 Å². The number of halogens is 1. The average Bonchev–Trinajstić information content (AvgIpc) is 2.80. The number of amides is 1. The second kappa shape index (κ2) is 5.09. The van der Waals surface area contributed by atoms with Crippen molar-refractivity contribution in [3.8, 4) is 0 Å². The minimum absolute atomic E-state index is 0.119. The Morgan fingerprint density at radius 1 is 1.38 bits per heavy atom. The molecule has 0 radical (unpaired) electrons. The van der Waals surface area contributed by atoms with Crippen LogP contribution in [-0.2, 0) is 6.54 Å². The Balaban J connectivity index is 1.95. The lowest BCUT2D eigenvalue weighted by atomic mass is 10.2. The third-order valence-electron chi connectivity index (χ3n) is 1.99. The highest BCUT2D eigenvalue weighted by molar-refractivity contribution is 7.09. The summed E-state index contributed by atoms with van der Waals surface area (Å²) in [7, 11) is 0. The van der Waals surface area contributed by atoms with Crippen LogP contribution in [0.25, 0.3) is 0 Å². The first-order valence-corrected chi connectivity index (χ1v) is 5.93. The molecule has 2 rings (SSSR count). The molecule has 0 saturated carbocycles. The molecule has 0 unspecified atom stereocenters. The Kier molecular flexibility index (Phi) is 3.54. The Labute approximate surface area is 102 Å². The molecule has 2 aromatic rings. The quantitative estimate of drug-likeness (QED) is 0.913. The zero-order valence-electron chi connectivity index (χ0n) is 8.31. The first kappa shape index (κ1) is 11.1. The van der Waals surface area contributed by atoms with Gasteiger partial charge in [0.15, 0.2) is 0 Å². The van der Waals surface area contributed by atoms with Gasteiger partial charge in [0.25, 0.3) is 5.91 Å². The molecule has 0 bridgehead atoms. The maximum absolute atomic E-state index is 11.7. The maximum atomic E-state index is 11.7. The number of benzene rings is 1. The van der Waals surface area contributed by atoms with E-state index in [2.05, 4.69) is 10.3 Å². The molecule has 1 amide bonds. The van der Waals surface area contributed by atoms with E-state index in [1.54, 1.807) is 30.5 Å². The van der Waals surface area contributed by atoms with Gasteiger partial charge in [-0.05, 0) is 24.3 Å². The molecule has 5 heteroatoms. The highest BCUT2D eigenvalue weighted by atomic mass is 35.5. The summed E-state index contributed by atoms with van der Waals surface area (Å²) in [6.07, 6.45) is 1.72. The third-order valence-corrected chi connectivity index (χ3v) is 3.02. The first-order chi connectivity index (χ1) is 7.75. The molecule has 82 valence electrons. The molecule has 1 aromatic carbocycles. The predicted molar refractivity (Wildman–Crippen MR) is 64.7 cm³/mol. The second-order valence-electron chi connectivity index (χ2n) is 3.12. The summed E-state index contributed by atoms with van der Waals surface area (Å²) in [5.74, 6) is -0.119. The molecule has 1 aromatic heterocycles. The van der Waals surface area contributed by atoms with Crippen LogP contribution < -0.4 is 5.32 Å². The highest BCUT2D eigenvalue weighted by Crippen LogP contribution is 2.09. The minimum atomic E-state index is -0.119. The number of hydrogen-bond donors (Lipinski definition) is 1. The van der Waals surface area contributed by atoms with E-state index >= 15 is 0 Å². The van der Waals surface area contributed by atoms with Gasteiger partial charge in [-0.15, -0.1) is 11.3 Å². The van der Waals surface area contributed by atoms with E-state index in [1.165, 1.54) is 11.3 Å². The summed E-state index contributed by atoms with van der Waals surface area (Å²) >= 11 is 7.25. The van der Waals surface area contributed by atoms with E-state index in [1.807, 2.05) is 5.38 Å². The molecule has 0 atom stereocenters. The van der Waals surface area contributed by atoms with Crippen molar-refractivity contribution in [2.75, 3.05) is 0 Å². The van der Waals surface area contributed by atoms with Gasteiger partial charge in [0.1, 0.15) is 5.01 Å². The summed E-state index contributed by atoms with van der Waals surface area (Å²) in [6.45, 7) is 0.457. The SMILES string of the molecule is O=C(NCc1nccs1)c1ccc(Cl)cc1. The number of carbonyl (C=O) groups is 1. The van der Waals surface area contributed by atoms with Crippen LogP contribution in [0.4, 0.5) is 0 Å². The van der Waals surface area contributed by atoms with E-state index in [4.69, 9.17) is 11.6 Å². The number of hydrogen-bond acceptors (Lipinski definition) is 3. The standard InChI is InChI=1S/C11H9ClN2OS/c12-9-3-1-8(2-4-9)11(15)14-7-10-13-5-6-16-10/h1-6H,7H2,(H,14,15). The number of rotatable bonds is 3. The van der Waals surface area contributed by atoms with Crippen LogP contribution in [0.1, 0.15) is 15.4 Å². The van der Waals surface area contributed by atoms with Crippen molar-refractivity contribution >= 4 is 28.8 Å². The number of aromatic nitrogens is 1. The largest absolute Gasteiger partial charge is 0.346 e. The zero-order chi connectivity index (χ0) is 11.4. The van der Waals surface area contributed by atoms with E-state index < -0.39 is 0 Å². The Morgan fingerprint density at radius 3 is 2.75 bits per heavy atom. The van der Waals surface area contributed by atoms with Gasteiger partial charge in [-0.25, -0.2) is 4.98 Å². The van der Waals surface area contributed by atoms with Gasteiger partial charge in [0, 0.05) is 22.2 Å². The van der Waals surface area contributed by atoms with Crippen LogP contribution in [0.15, 0.2) is 35.8 Å². The van der Waals surface area contributed by atoms with Crippen LogP contribution in [0.5, 0.6) is 0 Å². The second-order valence-corrected chi connectivity index (χ2v) is 4.53. The molecule has 0 aliphatic heterocycles. The van der Waals surface area contributed by atoms with Crippen molar-refractivity contribution in [2.45, 2.75) is 6.54 Å². The predicted octanol–water partition coefficient (Wildman–Crippen LogP) is 2.73. The topological polar surface area (TPSA) is 42.0 Å². The molecule has 3 nitrogen and oxygen atoms in total. The normalized spacial score (nSPS) is 10.1. The summed E-state index contributed by atoms with van der Waals surface area (Å²) in [5.41, 5.74) is 0.598. The van der Waals surface area contributed by atoms with E-state index in [0.717, 1.165) is 5.01 Å². The lowest BCUT2D eigenvalue weighted by Crippen LogP contribution is -2.22. The fraction of sp³-hybridized carbons (Fsp3) is 0.0909. The van der Waals surface area contributed by atoms with Crippen LogP contribution in [0.2, 0.25) is 5.02 Å². The molecule has 0 aliphatic carbocycles. The summed E-state index contributed by atoms with van der Waals surface area (Å²) in [5, 5.41) is 6.18. The number of thiazole rings is 1. The maximum Gasteiger partial charge on any atom is 0.251 e. The lowest BCUT2D eigenvalue weighted by molar-refractivity contribution is 0.0951. The molecule has 0 fully saturated rings. The van der Waals surface area contributed by atoms with Crippen LogP contribution in [-0.4, -0.2) is 10.9 Å². The zero-order valence-corrected chi connectivity index (χ0v) is 9.89. The van der Waals surface area contributed by atoms with Gasteiger partial charge in [0.05, 0.1) is 6.54 Å². The third kappa shape index (κ3) is 2.81. The van der Waals surface area contributed by atoms with Crippen molar-refractivity contribution in [1.29, 1.82) is 0 Å². The monoisotopic (exact) mass is 252 g/mol. The van der Waals surface area contributed by atoms with Gasteiger partial charge in [-0.3, -0.25) is 4.79 Å². The summed E-state index contributed by atoms with van der Waals surface area (Å²) in [6, 6.07) is 6.78. The van der Waals surface area contributed by atoms with E-state index in [0.29, 0.717) is 17.1 Å². The fourth-order valence-electron chi connectivity index (χ4n) is 1.20. The Morgan fingerprint density at radius 2 is 2.12 bits per heavy atom. The molecular formula is C11H9ClN2OS. The summed E-state index contributed by atoms with van der Waals surface area (Å²) in [4.78, 5) is 15.8. The molecule has 0 saturated heterocycles. The van der Waals surface area contributed by atoms with Crippen LogP contribution in [0.3, 0.4) is 0 Å². The molecule has 16 heavy (non-hydrogen) atoms. The van der Waals surface area contributed by atoms with E-state index in [9.17, 15) is 4.79 Å². The van der Waals surface area contributed by atoms with Crippen LogP contribution >= 0.6 is 22.9 Å². The van der Waals surface area contributed by atoms with Gasteiger partial charge >= 0.3 is 0 Å². The van der Waals surface area contributed by atoms with Gasteiger partial charge in [0.2, 0.25) is 0 Å². The van der Waals surface area contributed by atoms with Gasteiger partial charge in [-0.2, -0.15) is 0 Å². The van der Waals surface area contributed by atoms with Crippen molar-refractivity contribution < 1.29 is 4.79 Å². The Hall–Kier alpha value is -1.39. The van der Waals surface area contributed by atoms with Crippen LogP contribution in [0, 0.1) is 0 Å². The molecule has 0 aliphatic rings. The Bertz CT molecular complexity index is 467. The minimum Gasteiger partial charge on any atom is -0.346 e. The van der Waals surface area contributed by atoms with Crippen molar-refractivity contribution in [2.24, 2.45) is 0 Å². The number of carbonyl (C=O) groups excluding carboxylic acids is 1. The van der Waals surface area contributed by atoms with E-state index in [-0.39, 0.29) is 5.91 Å². The smallest absolute Gasteiger partial charge is 0.251 e. The molecule has 1 N–H and O–H groups in total. The van der Waals surface area contributed by atoms with Crippen molar-refractivity contribution in [3.63, 3.8) is 0 Å². The average molecular weight is 253 g/mol.